The van der Waals surface area contributed by atoms with E-state index in [4.69, 9.17) is 4.74 Å². The van der Waals surface area contributed by atoms with Crippen molar-refractivity contribution >= 4 is 11.9 Å². The highest BCUT2D eigenvalue weighted by molar-refractivity contribution is 5.72. The van der Waals surface area contributed by atoms with Crippen molar-refractivity contribution in [2.75, 3.05) is 32.1 Å². The number of anilines is 1. The van der Waals surface area contributed by atoms with Gasteiger partial charge in [0.15, 0.2) is 0 Å². The van der Waals surface area contributed by atoms with Gasteiger partial charge >= 0.3 is 0 Å². The van der Waals surface area contributed by atoms with Crippen molar-refractivity contribution in [3.05, 3.63) is 12.4 Å². The van der Waals surface area contributed by atoms with Gasteiger partial charge in [0.2, 0.25) is 11.9 Å². The molecule has 1 rings (SSSR count). The minimum absolute atomic E-state index is 0.0251. The largest absolute Gasteiger partial charge is 0.383 e. The molecule has 0 aliphatic rings. The number of ether oxygens (including phenoxy) is 1. The number of imidazole rings is 1. The first-order chi connectivity index (χ1) is 8.15. The Kier molecular flexibility index (Phi) is 5.48. The lowest BCUT2D eigenvalue weighted by atomic mass is 10.3. The standard InChI is InChI=1S/C11H20N4O2/c1-9(8-17-3)15-7-6-14-11(15)13-5-4-12-10(2)16/h6-7,9H,4-5,8H2,1-3H3,(H,12,16)(H,13,14). The van der Waals surface area contributed by atoms with E-state index in [1.807, 2.05) is 10.8 Å². The van der Waals surface area contributed by atoms with Crippen LogP contribution in [0.2, 0.25) is 0 Å². The van der Waals surface area contributed by atoms with Crippen LogP contribution >= 0.6 is 0 Å². The normalized spacial score (nSPS) is 12.2. The van der Waals surface area contributed by atoms with Gasteiger partial charge in [0, 0.05) is 39.5 Å². The number of carbonyl (C=O) groups excluding carboxylic acids is 1. The minimum atomic E-state index is -0.0251. The van der Waals surface area contributed by atoms with E-state index in [1.54, 1.807) is 13.3 Å². The zero-order valence-electron chi connectivity index (χ0n) is 10.6. The molecule has 0 aromatic carbocycles. The fourth-order valence-electron chi connectivity index (χ4n) is 1.54. The van der Waals surface area contributed by atoms with Gasteiger partial charge in [-0.2, -0.15) is 0 Å². The molecule has 1 aromatic rings. The van der Waals surface area contributed by atoms with Crippen molar-refractivity contribution in [2.45, 2.75) is 19.9 Å². The predicted octanol–water partition coefficient (Wildman–Crippen LogP) is 0.638. The summed E-state index contributed by atoms with van der Waals surface area (Å²) < 4.78 is 7.12. The molecular formula is C11H20N4O2. The van der Waals surface area contributed by atoms with E-state index < -0.39 is 0 Å². The molecule has 6 nitrogen and oxygen atoms in total. The summed E-state index contributed by atoms with van der Waals surface area (Å²) in [5, 5.41) is 5.89. The molecule has 1 aromatic heterocycles. The zero-order valence-corrected chi connectivity index (χ0v) is 10.6. The minimum Gasteiger partial charge on any atom is -0.383 e. The van der Waals surface area contributed by atoms with Gasteiger partial charge in [0.1, 0.15) is 0 Å². The average Bonchev–Trinajstić information content (AvgIpc) is 2.72. The molecule has 0 spiro atoms. The zero-order chi connectivity index (χ0) is 12.7. The molecule has 0 saturated heterocycles. The van der Waals surface area contributed by atoms with Crippen LogP contribution in [0.1, 0.15) is 19.9 Å². The maximum Gasteiger partial charge on any atom is 0.216 e. The van der Waals surface area contributed by atoms with Crippen LogP contribution in [0.25, 0.3) is 0 Å². The molecule has 1 unspecified atom stereocenters. The summed E-state index contributed by atoms with van der Waals surface area (Å²) in [4.78, 5) is 14.9. The molecule has 1 amide bonds. The molecule has 2 N–H and O–H groups in total. The summed E-state index contributed by atoms with van der Waals surface area (Å²) in [6.45, 7) is 5.43. The number of nitrogens with zero attached hydrogens (tertiary/aromatic N) is 2. The van der Waals surface area contributed by atoms with Gasteiger partial charge in [0.05, 0.1) is 12.6 Å². The number of hydrogen-bond acceptors (Lipinski definition) is 4. The summed E-state index contributed by atoms with van der Waals surface area (Å²) >= 11 is 0. The Bertz CT molecular complexity index is 351. The van der Waals surface area contributed by atoms with Crippen molar-refractivity contribution in [3.8, 4) is 0 Å². The maximum atomic E-state index is 10.7. The number of aromatic nitrogens is 2. The number of methoxy groups -OCH3 is 1. The van der Waals surface area contributed by atoms with Crippen molar-refractivity contribution in [3.63, 3.8) is 0 Å². The first kappa shape index (κ1) is 13.5. The molecule has 1 atom stereocenters. The van der Waals surface area contributed by atoms with E-state index in [1.165, 1.54) is 6.92 Å². The van der Waals surface area contributed by atoms with Crippen molar-refractivity contribution in [1.29, 1.82) is 0 Å². The molecule has 96 valence electrons. The first-order valence-corrected chi connectivity index (χ1v) is 5.65. The van der Waals surface area contributed by atoms with Gasteiger partial charge in [-0.25, -0.2) is 4.98 Å². The van der Waals surface area contributed by atoms with E-state index >= 15 is 0 Å². The maximum absolute atomic E-state index is 10.7. The quantitative estimate of drug-likeness (QED) is 0.686. The van der Waals surface area contributed by atoms with Crippen LogP contribution in [0.3, 0.4) is 0 Å². The van der Waals surface area contributed by atoms with Gasteiger partial charge in [0.25, 0.3) is 0 Å². The molecule has 0 fully saturated rings. The molecule has 0 radical (unpaired) electrons. The molecular weight excluding hydrogens is 220 g/mol. The summed E-state index contributed by atoms with van der Waals surface area (Å²) in [6.07, 6.45) is 3.65. The van der Waals surface area contributed by atoms with E-state index in [-0.39, 0.29) is 11.9 Å². The first-order valence-electron chi connectivity index (χ1n) is 5.65. The third-order valence-electron chi connectivity index (χ3n) is 2.33. The van der Waals surface area contributed by atoms with Crippen LogP contribution < -0.4 is 10.6 Å². The lowest BCUT2D eigenvalue weighted by Gasteiger charge is -2.16. The molecule has 0 aliphatic carbocycles. The second-order valence-corrected chi connectivity index (χ2v) is 3.87. The van der Waals surface area contributed by atoms with Gasteiger partial charge < -0.3 is 19.9 Å². The molecule has 0 aliphatic heterocycles. The lowest BCUT2D eigenvalue weighted by molar-refractivity contribution is -0.118. The number of nitrogens with one attached hydrogen (secondary N) is 2. The smallest absolute Gasteiger partial charge is 0.216 e. The second kappa shape index (κ2) is 6.90. The van der Waals surface area contributed by atoms with Crippen LogP contribution in [0.4, 0.5) is 5.95 Å². The number of hydrogen-bond donors (Lipinski definition) is 2. The average molecular weight is 240 g/mol. The van der Waals surface area contributed by atoms with E-state index in [0.717, 1.165) is 5.95 Å². The van der Waals surface area contributed by atoms with Crippen molar-refractivity contribution < 1.29 is 9.53 Å². The molecule has 1 heterocycles. The molecule has 0 saturated carbocycles. The van der Waals surface area contributed by atoms with Gasteiger partial charge in [-0.05, 0) is 6.92 Å². The topological polar surface area (TPSA) is 68.2 Å². The van der Waals surface area contributed by atoms with E-state index in [0.29, 0.717) is 19.7 Å². The predicted molar refractivity (Wildman–Crippen MR) is 66.0 cm³/mol. The molecule has 0 bridgehead atoms. The Labute approximate surface area is 101 Å². The Morgan fingerprint density at radius 1 is 1.59 bits per heavy atom. The van der Waals surface area contributed by atoms with Gasteiger partial charge in [-0.15, -0.1) is 0 Å². The third-order valence-corrected chi connectivity index (χ3v) is 2.33. The Morgan fingerprint density at radius 2 is 2.35 bits per heavy atom. The van der Waals surface area contributed by atoms with E-state index in [2.05, 4.69) is 22.5 Å². The fourth-order valence-corrected chi connectivity index (χ4v) is 1.54. The summed E-state index contributed by atoms with van der Waals surface area (Å²) in [5.74, 6) is 0.766. The second-order valence-electron chi connectivity index (χ2n) is 3.87. The van der Waals surface area contributed by atoms with Crippen LogP contribution in [0.5, 0.6) is 0 Å². The van der Waals surface area contributed by atoms with Crippen molar-refractivity contribution in [2.24, 2.45) is 0 Å². The number of amides is 1. The van der Waals surface area contributed by atoms with Crippen LogP contribution in [0.15, 0.2) is 12.4 Å². The Balaban J connectivity index is 2.43. The van der Waals surface area contributed by atoms with Crippen LogP contribution in [0, 0.1) is 0 Å². The number of carbonyl (C=O) groups is 1. The Hall–Kier alpha value is -1.56. The summed E-state index contributed by atoms with van der Waals surface area (Å²) in [5.41, 5.74) is 0. The molecule has 6 heteroatoms. The lowest BCUT2D eigenvalue weighted by Crippen LogP contribution is -2.27. The summed E-state index contributed by atoms with van der Waals surface area (Å²) in [7, 11) is 1.68. The highest BCUT2D eigenvalue weighted by Crippen LogP contribution is 2.12. The van der Waals surface area contributed by atoms with E-state index in [9.17, 15) is 4.79 Å². The van der Waals surface area contributed by atoms with Crippen molar-refractivity contribution in [1.82, 2.24) is 14.9 Å². The number of rotatable bonds is 7. The SMILES string of the molecule is COCC(C)n1ccnc1NCCNC(C)=O. The third kappa shape index (κ3) is 4.44. The highest BCUT2D eigenvalue weighted by atomic mass is 16.5. The Morgan fingerprint density at radius 3 is 3.00 bits per heavy atom. The van der Waals surface area contributed by atoms with Crippen LogP contribution in [-0.2, 0) is 9.53 Å². The fraction of sp³-hybridized carbons (Fsp3) is 0.636. The highest BCUT2D eigenvalue weighted by Gasteiger charge is 2.08. The summed E-state index contributed by atoms with van der Waals surface area (Å²) in [6, 6.07) is 0.228. The van der Waals surface area contributed by atoms with Crippen LogP contribution in [-0.4, -0.2) is 42.3 Å². The molecule has 17 heavy (non-hydrogen) atoms. The monoisotopic (exact) mass is 240 g/mol. The van der Waals surface area contributed by atoms with Gasteiger partial charge in [-0.1, -0.05) is 0 Å². The van der Waals surface area contributed by atoms with Gasteiger partial charge in [-0.3, -0.25) is 4.79 Å².